The van der Waals surface area contributed by atoms with Gasteiger partial charge in [-0.1, -0.05) is 12.8 Å². The van der Waals surface area contributed by atoms with Gasteiger partial charge >= 0.3 is 19.4 Å². The molecule has 3 aliphatic rings. The van der Waals surface area contributed by atoms with Gasteiger partial charge in [-0.3, -0.25) is 18.4 Å². The Hall–Kier alpha value is -1.82. The summed E-state index contributed by atoms with van der Waals surface area (Å²) < 4.78 is 36.7. The summed E-state index contributed by atoms with van der Waals surface area (Å²) in [5.74, 6) is -0.512. The highest BCUT2D eigenvalue weighted by Crippen LogP contribution is 2.55. The zero-order valence-corrected chi connectivity index (χ0v) is 19.6. The topological polar surface area (TPSA) is 164 Å². The summed E-state index contributed by atoms with van der Waals surface area (Å²) in [5, 5.41) is 13.7. The van der Waals surface area contributed by atoms with Crippen LogP contribution in [-0.2, 0) is 27.9 Å². The van der Waals surface area contributed by atoms with Gasteiger partial charge in [0.05, 0.1) is 6.61 Å². The van der Waals surface area contributed by atoms with Crippen LogP contribution in [-0.4, -0.2) is 57.2 Å². The van der Waals surface area contributed by atoms with Crippen LogP contribution in [0.4, 0.5) is 5.82 Å². The molecule has 1 aromatic heterocycles. The number of aromatic nitrogens is 2. The number of nitrogens with two attached hydrogens (primary N) is 1. The predicted octanol–water partition coefficient (Wildman–Crippen LogP) is 1.24. The van der Waals surface area contributed by atoms with Crippen LogP contribution < -0.4 is 16.5 Å². The lowest BCUT2D eigenvalue weighted by atomic mass is 9.96. The largest absolute Gasteiger partial charge is 0.461 e. The second-order valence-corrected chi connectivity index (χ2v) is 10.7. The SMILES string of the molecule is C[C@H](N[P@]1(=O)OC[C@H]2O[C@@H](n3ccc(N)nc3=O)[C@](C)(O)[C@@H]2O1)C(=O)OC1CCCCCC1. The van der Waals surface area contributed by atoms with Crippen molar-refractivity contribution in [2.24, 2.45) is 0 Å². The molecule has 6 atom stereocenters. The molecule has 0 amide bonds. The molecule has 0 unspecified atom stereocenters. The monoisotopic (exact) mass is 486 g/mol. The third-order valence-electron chi connectivity index (χ3n) is 6.27. The van der Waals surface area contributed by atoms with Gasteiger partial charge in [-0.25, -0.2) is 14.4 Å². The Morgan fingerprint density at radius 1 is 1.39 bits per heavy atom. The number of hydrogen-bond donors (Lipinski definition) is 3. The minimum atomic E-state index is -3.99. The van der Waals surface area contributed by atoms with Crippen LogP contribution in [0.3, 0.4) is 0 Å². The van der Waals surface area contributed by atoms with Crippen molar-refractivity contribution < 1.29 is 33.0 Å². The van der Waals surface area contributed by atoms with Crippen LogP contribution in [0.25, 0.3) is 0 Å². The number of ether oxygens (including phenoxy) is 2. The molecule has 0 bridgehead atoms. The van der Waals surface area contributed by atoms with Gasteiger partial charge in [-0.15, -0.1) is 0 Å². The van der Waals surface area contributed by atoms with Crippen molar-refractivity contribution in [1.29, 1.82) is 0 Å². The summed E-state index contributed by atoms with van der Waals surface area (Å²) in [5.41, 5.74) is 3.06. The smallest absolute Gasteiger partial charge is 0.406 e. The average Bonchev–Trinajstić information content (AvgIpc) is 2.90. The van der Waals surface area contributed by atoms with E-state index in [9.17, 15) is 19.3 Å². The summed E-state index contributed by atoms with van der Waals surface area (Å²) in [6.45, 7) is 2.75. The summed E-state index contributed by atoms with van der Waals surface area (Å²) >= 11 is 0. The van der Waals surface area contributed by atoms with Crippen molar-refractivity contribution in [3.8, 4) is 0 Å². The van der Waals surface area contributed by atoms with Crippen LogP contribution >= 0.6 is 7.75 Å². The molecule has 4 N–H and O–H groups in total. The number of carbonyl (C=O) groups excluding carboxylic acids is 1. The Morgan fingerprint density at radius 2 is 2.09 bits per heavy atom. The van der Waals surface area contributed by atoms with E-state index in [0.29, 0.717) is 0 Å². The van der Waals surface area contributed by atoms with E-state index in [1.54, 1.807) is 0 Å². The minimum Gasteiger partial charge on any atom is -0.461 e. The molecule has 0 aromatic carbocycles. The predicted molar refractivity (Wildman–Crippen MR) is 116 cm³/mol. The zero-order chi connectivity index (χ0) is 23.8. The van der Waals surface area contributed by atoms with Gasteiger partial charge in [-0.05, 0) is 45.6 Å². The molecule has 0 spiro atoms. The van der Waals surface area contributed by atoms with Crippen LogP contribution in [0.5, 0.6) is 0 Å². The van der Waals surface area contributed by atoms with Crippen molar-refractivity contribution in [2.75, 3.05) is 12.3 Å². The molecular formula is C20H31N4O8P. The molecule has 3 heterocycles. The van der Waals surface area contributed by atoms with Crippen molar-refractivity contribution >= 4 is 19.5 Å². The number of fused-ring (bicyclic) bond motifs is 1. The summed E-state index contributed by atoms with van der Waals surface area (Å²) in [6.07, 6.45) is 4.04. The Labute approximate surface area is 191 Å². The number of rotatable bonds is 5. The average molecular weight is 486 g/mol. The molecular weight excluding hydrogens is 455 g/mol. The molecule has 3 fully saturated rings. The number of nitrogen functional groups attached to an aromatic ring is 1. The molecule has 33 heavy (non-hydrogen) atoms. The van der Waals surface area contributed by atoms with Gasteiger partial charge in [0.2, 0.25) is 0 Å². The highest BCUT2D eigenvalue weighted by molar-refractivity contribution is 7.51. The standard InChI is InChI=1S/C20H31N4O8P/c1-12(17(25)30-13-7-5-3-4-6-8-13)23-33(28)29-11-14-16(32-33)20(2,27)18(31-14)24-10-9-15(21)22-19(24)26/h9-10,12-14,16,18,27H,3-8,11H2,1-2H3,(H,23,28)(H2,21,22,26)/t12-,14+,16+,18+,20+,33-/m0/s1. The first-order chi connectivity index (χ1) is 15.6. The third kappa shape index (κ3) is 5.16. The minimum absolute atomic E-state index is 0.0318. The summed E-state index contributed by atoms with van der Waals surface area (Å²) in [6, 6.07) is 0.441. The highest BCUT2D eigenvalue weighted by atomic mass is 31.2. The summed E-state index contributed by atoms with van der Waals surface area (Å²) in [7, 11) is -3.99. The quantitative estimate of drug-likeness (QED) is 0.311. The second kappa shape index (κ2) is 9.44. The fraction of sp³-hybridized carbons (Fsp3) is 0.750. The van der Waals surface area contributed by atoms with Gasteiger partial charge < -0.3 is 20.3 Å². The molecule has 184 valence electrons. The van der Waals surface area contributed by atoms with Gasteiger partial charge in [-0.2, -0.15) is 4.98 Å². The third-order valence-corrected chi connectivity index (χ3v) is 7.97. The zero-order valence-electron chi connectivity index (χ0n) is 18.7. The fourth-order valence-electron chi connectivity index (χ4n) is 4.48. The number of aliphatic hydroxyl groups is 1. The van der Waals surface area contributed by atoms with Crippen molar-refractivity contribution in [3.05, 3.63) is 22.7 Å². The number of esters is 1. The lowest BCUT2D eigenvalue weighted by molar-refractivity contribution is -0.151. The Morgan fingerprint density at radius 3 is 2.76 bits per heavy atom. The van der Waals surface area contributed by atoms with Crippen LogP contribution in [0.1, 0.15) is 58.6 Å². The van der Waals surface area contributed by atoms with E-state index in [1.165, 1.54) is 26.1 Å². The van der Waals surface area contributed by atoms with E-state index >= 15 is 0 Å². The number of nitrogens with one attached hydrogen (secondary N) is 1. The molecule has 0 radical (unpaired) electrons. The first-order valence-corrected chi connectivity index (χ1v) is 12.8. The van der Waals surface area contributed by atoms with Crippen LogP contribution in [0.2, 0.25) is 0 Å². The van der Waals surface area contributed by atoms with E-state index in [-0.39, 0.29) is 18.5 Å². The van der Waals surface area contributed by atoms with Gasteiger partial charge in [0, 0.05) is 6.20 Å². The van der Waals surface area contributed by atoms with Crippen LogP contribution in [0.15, 0.2) is 17.1 Å². The lowest BCUT2D eigenvalue weighted by Crippen LogP contribution is -2.50. The van der Waals surface area contributed by atoms with E-state index in [0.717, 1.165) is 43.1 Å². The van der Waals surface area contributed by atoms with Crippen LogP contribution in [0, 0.1) is 0 Å². The lowest BCUT2D eigenvalue weighted by Gasteiger charge is -2.36. The molecule has 2 saturated heterocycles. The number of hydrogen-bond acceptors (Lipinski definition) is 10. The van der Waals surface area contributed by atoms with Crippen molar-refractivity contribution in [2.45, 2.75) is 88.6 Å². The van der Waals surface area contributed by atoms with E-state index in [4.69, 9.17) is 24.3 Å². The molecule has 2 aliphatic heterocycles. The normalized spacial score (nSPS) is 36.0. The Bertz CT molecular complexity index is 977. The highest BCUT2D eigenvalue weighted by Gasteiger charge is 2.60. The molecule has 12 nitrogen and oxygen atoms in total. The molecule has 13 heteroatoms. The maximum atomic E-state index is 13.3. The van der Waals surface area contributed by atoms with E-state index < -0.39 is 49.5 Å². The maximum Gasteiger partial charge on any atom is 0.406 e. The number of carbonyl (C=O) groups is 1. The molecule has 1 saturated carbocycles. The number of anilines is 1. The molecule has 1 aromatic rings. The first-order valence-electron chi connectivity index (χ1n) is 11.2. The fourth-order valence-corrected chi connectivity index (χ4v) is 6.25. The van der Waals surface area contributed by atoms with E-state index in [2.05, 4.69) is 10.1 Å². The van der Waals surface area contributed by atoms with Crippen molar-refractivity contribution in [3.63, 3.8) is 0 Å². The second-order valence-electron chi connectivity index (χ2n) is 9.02. The van der Waals surface area contributed by atoms with Gasteiger partial charge in [0.1, 0.15) is 35.8 Å². The van der Waals surface area contributed by atoms with Gasteiger partial charge in [0.25, 0.3) is 0 Å². The molecule has 1 aliphatic carbocycles. The number of nitrogens with zero attached hydrogens (tertiary/aromatic N) is 2. The Kier molecular flexibility index (Phi) is 6.95. The molecule has 4 rings (SSSR count). The van der Waals surface area contributed by atoms with Crippen molar-refractivity contribution in [1.82, 2.24) is 14.6 Å². The maximum absolute atomic E-state index is 13.3. The first kappa shape index (κ1) is 24.3. The Balaban J connectivity index is 1.42. The van der Waals surface area contributed by atoms with E-state index in [1.807, 2.05) is 0 Å². The summed E-state index contributed by atoms with van der Waals surface area (Å²) in [4.78, 5) is 28.4. The van der Waals surface area contributed by atoms with Gasteiger partial charge in [0.15, 0.2) is 6.23 Å².